The van der Waals surface area contributed by atoms with Crippen molar-refractivity contribution in [3.8, 4) is 0 Å². The molecule has 1 atom stereocenters. The Morgan fingerprint density at radius 2 is 2.29 bits per heavy atom. The summed E-state index contributed by atoms with van der Waals surface area (Å²) in [5.74, 6) is -0.153. The molecule has 1 unspecified atom stereocenters. The van der Waals surface area contributed by atoms with E-state index in [0.717, 1.165) is 12.0 Å². The summed E-state index contributed by atoms with van der Waals surface area (Å²) in [6.07, 6.45) is 1.13. The number of aryl methyl sites for hydroxylation is 1. The minimum Gasteiger partial charge on any atom is -0.409 e. The van der Waals surface area contributed by atoms with Crippen LogP contribution in [0.5, 0.6) is 0 Å². The topological polar surface area (TPSA) is 70.6 Å². The van der Waals surface area contributed by atoms with E-state index in [1.165, 1.54) is 6.07 Å². The molecule has 4 nitrogen and oxygen atoms in total. The normalized spacial score (nSPS) is 13.5. The number of nitrogens with one attached hydrogen (secondary N) is 1. The molecule has 0 aliphatic carbocycles. The van der Waals surface area contributed by atoms with Crippen molar-refractivity contribution in [1.82, 2.24) is 0 Å². The number of nitrogens with zero attached hydrogens (tertiary/aromatic N) is 1. The molecule has 0 saturated carbocycles. The lowest BCUT2D eigenvalue weighted by atomic mass is 10.1. The highest BCUT2D eigenvalue weighted by Gasteiger charge is 2.11. The molecule has 0 bridgehead atoms. The highest BCUT2D eigenvalue weighted by atomic mass is 19.1. The first-order valence-corrected chi connectivity index (χ1v) is 5.56. The molecule has 0 aromatic heterocycles. The fourth-order valence-corrected chi connectivity index (χ4v) is 1.55. The minimum atomic E-state index is -0.289. The quantitative estimate of drug-likeness (QED) is 0.320. The van der Waals surface area contributed by atoms with Crippen molar-refractivity contribution in [2.45, 2.75) is 32.7 Å². The maximum Gasteiger partial charge on any atom is 0.146 e. The summed E-state index contributed by atoms with van der Waals surface area (Å²) in [6.45, 7) is 3.79. The van der Waals surface area contributed by atoms with E-state index >= 15 is 0 Å². The zero-order valence-electron chi connectivity index (χ0n) is 10.1. The third-order valence-corrected chi connectivity index (χ3v) is 2.56. The summed E-state index contributed by atoms with van der Waals surface area (Å²) in [5.41, 5.74) is 6.74. The minimum absolute atomic E-state index is 0.0527. The summed E-state index contributed by atoms with van der Waals surface area (Å²) in [5, 5.41) is 14.5. The maximum absolute atomic E-state index is 13.6. The molecule has 0 aliphatic rings. The van der Waals surface area contributed by atoms with Crippen LogP contribution in [0.4, 0.5) is 10.1 Å². The molecule has 0 saturated heterocycles. The van der Waals surface area contributed by atoms with Gasteiger partial charge in [-0.05, 0) is 31.0 Å². The Labute approximate surface area is 100 Å². The Kier molecular flexibility index (Phi) is 4.75. The van der Waals surface area contributed by atoms with Gasteiger partial charge in [0, 0.05) is 12.5 Å². The first-order valence-electron chi connectivity index (χ1n) is 5.56. The smallest absolute Gasteiger partial charge is 0.146 e. The second kappa shape index (κ2) is 6.08. The molecular formula is C12H18FN3O. The average Bonchev–Trinajstić information content (AvgIpc) is 2.31. The van der Waals surface area contributed by atoms with Gasteiger partial charge in [0.15, 0.2) is 0 Å². The fourth-order valence-electron chi connectivity index (χ4n) is 1.55. The molecule has 1 rings (SSSR count). The number of hydrogen-bond donors (Lipinski definition) is 3. The van der Waals surface area contributed by atoms with Gasteiger partial charge in [0.2, 0.25) is 0 Å². The number of rotatable bonds is 5. The number of benzene rings is 1. The van der Waals surface area contributed by atoms with Gasteiger partial charge in [-0.15, -0.1) is 0 Å². The zero-order chi connectivity index (χ0) is 12.8. The third-order valence-electron chi connectivity index (χ3n) is 2.56. The van der Waals surface area contributed by atoms with Gasteiger partial charge in [-0.2, -0.15) is 0 Å². The molecule has 0 fully saturated rings. The lowest BCUT2D eigenvalue weighted by molar-refractivity contribution is 0.316. The zero-order valence-corrected chi connectivity index (χ0v) is 10.1. The first-order chi connectivity index (χ1) is 8.06. The van der Waals surface area contributed by atoms with Crippen LogP contribution in [0, 0.1) is 12.7 Å². The highest BCUT2D eigenvalue weighted by Crippen LogP contribution is 2.17. The first kappa shape index (κ1) is 13.3. The molecule has 0 spiro atoms. The number of amidine groups is 1. The van der Waals surface area contributed by atoms with Crippen LogP contribution in [-0.4, -0.2) is 17.1 Å². The van der Waals surface area contributed by atoms with E-state index in [4.69, 9.17) is 10.9 Å². The molecule has 4 N–H and O–H groups in total. The molecule has 1 aromatic carbocycles. The van der Waals surface area contributed by atoms with E-state index in [1.54, 1.807) is 6.07 Å². The Balaban J connectivity index is 2.73. The van der Waals surface area contributed by atoms with Gasteiger partial charge in [-0.3, -0.25) is 0 Å². The average molecular weight is 239 g/mol. The number of hydrogen-bond acceptors (Lipinski definition) is 3. The summed E-state index contributed by atoms with van der Waals surface area (Å²) in [4.78, 5) is 0. The van der Waals surface area contributed by atoms with Gasteiger partial charge in [-0.25, -0.2) is 4.39 Å². The predicted octanol–water partition coefficient (Wildman–Crippen LogP) is 2.46. The summed E-state index contributed by atoms with van der Waals surface area (Å²) in [7, 11) is 0. The van der Waals surface area contributed by atoms with Crippen molar-refractivity contribution in [2.75, 3.05) is 5.32 Å². The van der Waals surface area contributed by atoms with Crippen LogP contribution in [-0.2, 0) is 0 Å². The predicted molar refractivity (Wildman–Crippen MR) is 66.9 cm³/mol. The fraction of sp³-hybridized carbons (Fsp3) is 0.417. The van der Waals surface area contributed by atoms with Crippen molar-refractivity contribution >= 4 is 11.5 Å². The van der Waals surface area contributed by atoms with E-state index in [1.807, 2.05) is 19.9 Å². The second-order valence-corrected chi connectivity index (χ2v) is 4.03. The van der Waals surface area contributed by atoms with Gasteiger partial charge in [0.05, 0.1) is 5.69 Å². The molecule has 1 aromatic rings. The summed E-state index contributed by atoms with van der Waals surface area (Å²) >= 11 is 0. The standard InChI is InChI=1S/C12H18FN3O/c1-3-9(7-12(14)16-17)15-11-5-4-8(2)6-10(11)13/h4-6,9,15,17H,3,7H2,1-2H3,(H2,14,16). The van der Waals surface area contributed by atoms with Crippen LogP contribution in [0.25, 0.3) is 0 Å². The van der Waals surface area contributed by atoms with Crippen LogP contribution < -0.4 is 11.1 Å². The van der Waals surface area contributed by atoms with Gasteiger partial charge < -0.3 is 16.3 Å². The number of anilines is 1. The second-order valence-electron chi connectivity index (χ2n) is 4.03. The van der Waals surface area contributed by atoms with Crippen LogP contribution in [0.3, 0.4) is 0 Å². The molecule has 94 valence electrons. The van der Waals surface area contributed by atoms with Crippen molar-refractivity contribution in [3.05, 3.63) is 29.6 Å². The van der Waals surface area contributed by atoms with E-state index in [0.29, 0.717) is 12.1 Å². The molecule has 0 amide bonds. The largest absolute Gasteiger partial charge is 0.409 e. The van der Waals surface area contributed by atoms with Crippen LogP contribution in [0.1, 0.15) is 25.3 Å². The number of oxime groups is 1. The van der Waals surface area contributed by atoms with E-state index in [2.05, 4.69) is 10.5 Å². The molecule has 5 heteroatoms. The molecule has 0 aliphatic heterocycles. The van der Waals surface area contributed by atoms with Crippen LogP contribution in [0.2, 0.25) is 0 Å². The molecule has 0 heterocycles. The van der Waals surface area contributed by atoms with Crippen LogP contribution >= 0.6 is 0 Å². The van der Waals surface area contributed by atoms with Crippen molar-refractivity contribution < 1.29 is 9.60 Å². The third kappa shape index (κ3) is 3.94. The Bertz CT molecular complexity index is 407. The van der Waals surface area contributed by atoms with E-state index < -0.39 is 0 Å². The van der Waals surface area contributed by atoms with Crippen molar-refractivity contribution in [2.24, 2.45) is 10.9 Å². The SMILES string of the molecule is CCC(C/C(N)=N/O)Nc1ccc(C)cc1F. The Hall–Kier alpha value is -1.78. The Morgan fingerprint density at radius 3 is 2.82 bits per heavy atom. The van der Waals surface area contributed by atoms with Crippen molar-refractivity contribution in [1.29, 1.82) is 0 Å². The maximum atomic E-state index is 13.6. The summed E-state index contributed by atoms with van der Waals surface area (Å²) < 4.78 is 13.6. The van der Waals surface area contributed by atoms with Crippen molar-refractivity contribution in [3.63, 3.8) is 0 Å². The monoisotopic (exact) mass is 239 g/mol. The molecule has 17 heavy (non-hydrogen) atoms. The lowest BCUT2D eigenvalue weighted by Gasteiger charge is -2.18. The van der Waals surface area contributed by atoms with E-state index in [-0.39, 0.29) is 17.7 Å². The number of halogens is 1. The van der Waals surface area contributed by atoms with Gasteiger partial charge >= 0.3 is 0 Å². The summed E-state index contributed by atoms with van der Waals surface area (Å²) in [6, 6.07) is 4.95. The Morgan fingerprint density at radius 1 is 1.59 bits per heavy atom. The van der Waals surface area contributed by atoms with Gasteiger partial charge in [0.25, 0.3) is 0 Å². The molecule has 0 radical (unpaired) electrons. The number of nitrogens with two attached hydrogens (primary N) is 1. The highest BCUT2D eigenvalue weighted by molar-refractivity contribution is 5.80. The van der Waals surface area contributed by atoms with Gasteiger partial charge in [-0.1, -0.05) is 18.1 Å². The van der Waals surface area contributed by atoms with E-state index in [9.17, 15) is 4.39 Å². The lowest BCUT2D eigenvalue weighted by Crippen LogP contribution is -2.26. The molecular weight excluding hydrogens is 221 g/mol. The van der Waals surface area contributed by atoms with Crippen LogP contribution in [0.15, 0.2) is 23.4 Å². The van der Waals surface area contributed by atoms with Gasteiger partial charge in [0.1, 0.15) is 11.7 Å².